The molecule has 1 amide bonds. The van der Waals surface area contributed by atoms with Crippen molar-refractivity contribution in [3.05, 3.63) is 69.8 Å². The number of nitrogens with one attached hydrogen (secondary N) is 1. The van der Waals surface area contributed by atoms with Crippen LogP contribution in [0.1, 0.15) is 26.8 Å². The van der Waals surface area contributed by atoms with Crippen molar-refractivity contribution in [2.45, 2.75) is 20.3 Å². The molecule has 0 bridgehead atoms. The highest BCUT2D eigenvalue weighted by Gasteiger charge is 2.06. The van der Waals surface area contributed by atoms with Crippen LogP contribution < -0.4 is 5.32 Å². The molecule has 1 aromatic carbocycles. The standard InChI is InChI=1S/C19H19N3OS/c1-13-4-3-5-17(21-13)19(23)20-11-10-15-6-8-16(9-7-15)18-12-24-14(2)22-18/h3-9,12H,10-11H2,1-2H3,(H,20,23). The second-order valence-electron chi connectivity index (χ2n) is 5.62. The molecule has 0 saturated carbocycles. The Bertz CT molecular complexity index is 840. The number of benzene rings is 1. The van der Waals surface area contributed by atoms with E-state index in [1.807, 2.05) is 26.0 Å². The largest absolute Gasteiger partial charge is 0.350 e. The molecular formula is C19H19N3OS. The van der Waals surface area contributed by atoms with Crippen LogP contribution in [-0.2, 0) is 6.42 Å². The van der Waals surface area contributed by atoms with Crippen molar-refractivity contribution in [1.29, 1.82) is 0 Å². The summed E-state index contributed by atoms with van der Waals surface area (Å²) in [7, 11) is 0. The van der Waals surface area contributed by atoms with Gasteiger partial charge in [-0.05, 0) is 38.0 Å². The molecule has 24 heavy (non-hydrogen) atoms. The van der Waals surface area contributed by atoms with Crippen LogP contribution >= 0.6 is 11.3 Å². The smallest absolute Gasteiger partial charge is 0.269 e. The van der Waals surface area contributed by atoms with E-state index in [4.69, 9.17) is 0 Å². The summed E-state index contributed by atoms with van der Waals surface area (Å²) < 4.78 is 0. The Kier molecular flexibility index (Phi) is 5.01. The van der Waals surface area contributed by atoms with E-state index >= 15 is 0 Å². The lowest BCUT2D eigenvalue weighted by atomic mass is 10.1. The minimum atomic E-state index is -0.131. The summed E-state index contributed by atoms with van der Waals surface area (Å²) >= 11 is 1.65. The van der Waals surface area contributed by atoms with Crippen molar-refractivity contribution < 1.29 is 4.79 Å². The Morgan fingerprint density at radius 2 is 1.88 bits per heavy atom. The molecule has 0 aliphatic carbocycles. The minimum Gasteiger partial charge on any atom is -0.350 e. The van der Waals surface area contributed by atoms with Crippen LogP contribution in [0.5, 0.6) is 0 Å². The van der Waals surface area contributed by atoms with Gasteiger partial charge in [-0.3, -0.25) is 4.79 Å². The predicted molar refractivity (Wildman–Crippen MR) is 97.3 cm³/mol. The average Bonchev–Trinajstić information content (AvgIpc) is 3.02. The zero-order valence-corrected chi connectivity index (χ0v) is 14.6. The van der Waals surface area contributed by atoms with E-state index in [9.17, 15) is 4.79 Å². The summed E-state index contributed by atoms with van der Waals surface area (Å²) in [4.78, 5) is 20.8. The van der Waals surface area contributed by atoms with Gasteiger partial charge in [-0.2, -0.15) is 0 Å². The Labute approximate surface area is 145 Å². The number of aromatic nitrogens is 2. The van der Waals surface area contributed by atoms with E-state index in [0.29, 0.717) is 12.2 Å². The number of aryl methyl sites for hydroxylation is 2. The second kappa shape index (κ2) is 7.36. The van der Waals surface area contributed by atoms with Crippen molar-refractivity contribution in [2.75, 3.05) is 6.54 Å². The lowest BCUT2D eigenvalue weighted by Crippen LogP contribution is -2.26. The maximum Gasteiger partial charge on any atom is 0.269 e. The molecule has 0 aliphatic rings. The number of hydrogen-bond acceptors (Lipinski definition) is 4. The van der Waals surface area contributed by atoms with Crippen molar-refractivity contribution in [3.8, 4) is 11.3 Å². The normalized spacial score (nSPS) is 10.6. The first-order valence-electron chi connectivity index (χ1n) is 7.85. The fourth-order valence-corrected chi connectivity index (χ4v) is 3.04. The molecule has 2 aromatic heterocycles. The number of carbonyl (C=O) groups excluding carboxylic acids is 1. The lowest BCUT2D eigenvalue weighted by Gasteiger charge is -2.06. The lowest BCUT2D eigenvalue weighted by molar-refractivity contribution is 0.0949. The number of nitrogens with zero attached hydrogens (tertiary/aromatic N) is 2. The summed E-state index contributed by atoms with van der Waals surface area (Å²) in [6, 6.07) is 13.8. The van der Waals surface area contributed by atoms with Crippen LogP contribution in [0, 0.1) is 13.8 Å². The van der Waals surface area contributed by atoms with Gasteiger partial charge in [0.15, 0.2) is 0 Å². The molecular weight excluding hydrogens is 318 g/mol. The van der Waals surface area contributed by atoms with Crippen molar-refractivity contribution in [3.63, 3.8) is 0 Å². The van der Waals surface area contributed by atoms with Gasteiger partial charge in [0.2, 0.25) is 0 Å². The molecule has 0 saturated heterocycles. The minimum absolute atomic E-state index is 0.131. The van der Waals surface area contributed by atoms with Gasteiger partial charge >= 0.3 is 0 Å². The first-order chi connectivity index (χ1) is 11.6. The van der Waals surface area contributed by atoms with Gasteiger partial charge in [-0.1, -0.05) is 30.3 Å². The maximum atomic E-state index is 12.0. The number of amides is 1. The maximum absolute atomic E-state index is 12.0. The summed E-state index contributed by atoms with van der Waals surface area (Å²) in [5.41, 5.74) is 4.63. The molecule has 4 nitrogen and oxygen atoms in total. The molecule has 1 N–H and O–H groups in total. The van der Waals surface area contributed by atoms with Crippen LogP contribution in [0.2, 0.25) is 0 Å². The highest BCUT2D eigenvalue weighted by atomic mass is 32.1. The van der Waals surface area contributed by atoms with E-state index in [2.05, 4.69) is 44.9 Å². The van der Waals surface area contributed by atoms with Crippen LogP contribution in [-0.4, -0.2) is 22.4 Å². The highest BCUT2D eigenvalue weighted by Crippen LogP contribution is 2.21. The molecule has 0 radical (unpaired) electrons. The van der Waals surface area contributed by atoms with Crippen molar-refractivity contribution in [2.24, 2.45) is 0 Å². The van der Waals surface area contributed by atoms with Crippen molar-refractivity contribution >= 4 is 17.2 Å². The Morgan fingerprint density at radius 3 is 2.54 bits per heavy atom. The number of carbonyl (C=O) groups is 1. The summed E-state index contributed by atoms with van der Waals surface area (Å²) in [6.45, 7) is 4.47. The van der Waals surface area contributed by atoms with Crippen LogP contribution in [0.4, 0.5) is 0 Å². The van der Waals surface area contributed by atoms with Crippen molar-refractivity contribution in [1.82, 2.24) is 15.3 Å². The average molecular weight is 337 g/mol. The number of rotatable bonds is 5. The van der Waals surface area contributed by atoms with Gasteiger partial charge in [0.1, 0.15) is 5.69 Å². The van der Waals surface area contributed by atoms with E-state index in [0.717, 1.165) is 28.4 Å². The van der Waals surface area contributed by atoms with Gasteiger partial charge in [0.05, 0.1) is 10.7 Å². The zero-order valence-electron chi connectivity index (χ0n) is 13.7. The zero-order chi connectivity index (χ0) is 16.9. The Balaban J connectivity index is 1.54. The number of thiazole rings is 1. The number of pyridine rings is 1. The molecule has 3 aromatic rings. The van der Waals surface area contributed by atoms with Gasteiger partial charge in [-0.15, -0.1) is 11.3 Å². The third-order valence-electron chi connectivity index (χ3n) is 3.69. The van der Waals surface area contributed by atoms with E-state index in [1.54, 1.807) is 17.4 Å². The fourth-order valence-electron chi connectivity index (χ4n) is 2.42. The Morgan fingerprint density at radius 1 is 1.08 bits per heavy atom. The Hall–Kier alpha value is -2.53. The summed E-state index contributed by atoms with van der Waals surface area (Å²) in [6.07, 6.45) is 0.786. The first-order valence-corrected chi connectivity index (χ1v) is 8.73. The summed E-state index contributed by atoms with van der Waals surface area (Å²) in [5.74, 6) is -0.131. The topological polar surface area (TPSA) is 54.9 Å². The second-order valence-corrected chi connectivity index (χ2v) is 6.68. The number of hydrogen-bond donors (Lipinski definition) is 1. The third kappa shape index (κ3) is 4.06. The molecule has 0 aliphatic heterocycles. The SMILES string of the molecule is Cc1cccc(C(=O)NCCc2ccc(-c3csc(C)n3)cc2)n1. The highest BCUT2D eigenvalue weighted by molar-refractivity contribution is 7.09. The van der Waals surface area contributed by atoms with Gasteiger partial charge in [-0.25, -0.2) is 9.97 Å². The van der Waals surface area contributed by atoms with Crippen LogP contribution in [0.15, 0.2) is 47.8 Å². The molecule has 5 heteroatoms. The van der Waals surface area contributed by atoms with Gasteiger partial charge < -0.3 is 5.32 Å². The monoisotopic (exact) mass is 337 g/mol. The quantitative estimate of drug-likeness (QED) is 0.770. The molecule has 0 atom stereocenters. The van der Waals surface area contributed by atoms with Crippen LogP contribution in [0.25, 0.3) is 11.3 Å². The molecule has 3 rings (SSSR count). The van der Waals surface area contributed by atoms with Crippen LogP contribution in [0.3, 0.4) is 0 Å². The molecule has 0 spiro atoms. The fraction of sp³-hybridized carbons (Fsp3) is 0.211. The molecule has 122 valence electrons. The summed E-state index contributed by atoms with van der Waals surface area (Å²) in [5, 5.41) is 6.05. The van der Waals surface area contributed by atoms with Gasteiger partial charge in [0, 0.05) is 23.2 Å². The predicted octanol–water partition coefficient (Wildman–Crippen LogP) is 3.79. The molecule has 2 heterocycles. The van der Waals surface area contributed by atoms with Gasteiger partial charge in [0.25, 0.3) is 5.91 Å². The third-order valence-corrected chi connectivity index (χ3v) is 4.46. The molecule has 0 unspecified atom stereocenters. The van der Waals surface area contributed by atoms with E-state index in [1.165, 1.54) is 5.56 Å². The van der Waals surface area contributed by atoms with E-state index in [-0.39, 0.29) is 5.91 Å². The first kappa shape index (κ1) is 16.3. The molecule has 0 fully saturated rings. The van der Waals surface area contributed by atoms with E-state index < -0.39 is 0 Å².